The van der Waals surface area contributed by atoms with Crippen LogP contribution in [0.4, 0.5) is 0 Å². The summed E-state index contributed by atoms with van der Waals surface area (Å²) >= 11 is 1.27. The van der Waals surface area contributed by atoms with Crippen molar-refractivity contribution in [2.24, 2.45) is 4.99 Å². The lowest BCUT2D eigenvalue weighted by molar-refractivity contribution is -0.139. The number of ether oxygens (including phenoxy) is 2. The first-order valence-electron chi connectivity index (χ1n) is 12.3. The summed E-state index contributed by atoms with van der Waals surface area (Å²) in [5.74, 6) is 0.206. The normalized spacial score (nSPS) is 15.2. The van der Waals surface area contributed by atoms with Gasteiger partial charge in [-0.25, -0.2) is 9.79 Å². The molecule has 0 bridgehead atoms. The average Bonchev–Trinajstić information content (AvgIpc) is 3.41. The molecule has 0 saturated heterocycles. The van der Waals surface area contributed by atoms with Crippen LogP contribution in [0.1, 0.15) is 37.9 Å². The van der Waals surface area contributed by atoms with E-state index < -0.39 is 12.0 Å². The second-order valence-corrected chi connectivity index (χ2v) is 9.70. The van der Waals surface area contributed by atoms with Gasteiger partial charge in [0.05, 0.1) is 41.1 Å². The Labute approximate surface area is 223 Å². The molecule has 1 aliphatic rings. The number of esters is 1. The Kier molecular flexibility index (Phi) is 6.99. The lowest BCUT2D eigenvalue weighted by atomic mass is 9.96. The quantitative estimate of drug-likeness (QED) is 0.342. The summed E-state index contributed by atoms with van der Waals surface area (Å²) in [4.78, 5) is 32.1. The minimum absolute atomic E-state index is 0.204. The number of nitriles is 1. The Morgan fingerprint density at radius 3 is 2.63 bits per heavy atom. The molecule has 1 atom stereocenters. The maximum absolute atomic E-state index is 13.9. The summed E-state index contributed by atoms with van der Waals surface area (Å²) in [6, 6.07) is 16.6. The maximum atomic E-state index is 13.9. The molecule has 9 heteroatoms. The number of carbonyl (C=O) groups excluding carboxylic acids is 1. The summed E-state index contributed by atoms with van der Waals surface area (Å²) in [5.41, 5.74) is 3.10. The van der Waals surface area contributed by atoms with Crippen molar-refractivity contribution >= 4 is 34.3 Å². The fourth-order valence-electron chi connectivity index (χ4n) is 4.76. The number of carbonyl (C=O) groups is 1. The van der Waals surface area contributed by atoms with Crippen molar-refractivity contribution in [3.05, 3.63) is 96.8 Å². The standard InChI is InChI=1S/C29H26N4O4S/c1-4-36-21-12-10-19(11-13-21)26-25(28(35)37-5-2)18(3)31-29-33(26)27(34)24(38-29)16-20-17-32(15-14-30)23-9-7-6-8-22(20)23/h6-13,16-17,26H,4-5,15H2,1-3H3/b24-16-/t26-/m1/s1. The molecule has 0 fully saturated rings. The van der Waals surface area contributed by atoms with Crippen molar-refractivity contribution in [1.82, 2.24) is 9.13 Å². The number of fused-ring (bicyclic) bond motifs is 2. The summed E-state index contributed by atoms with van der Waals surface area (Å²) in [7, 11) is 0. The molecule has 0 amide bonds. The molecule has 38 heavy (non-hydrogen) atoms. The highest BCUT2D eigenvalue weighted by Crippen LogP contribution is 2.31. The number of hydrogen-bond donors (Lipinski definition) is 0. The highest BCUT2D eigenvalue weighted by Gasteiger charge is 2.33. The molecule has 5 rings (SSSR count). The Hall–Kier alpha value is -4.42. The van der Waals surface area contributed by atoms with Crippen molar-refractivity contribution in [3.63, 3.8) is 0 Å². The first-order chi connectivity index (χ1) is 18.5. The molecule has 0 radical (unpaired) electrons. The lowest BCUT2D eigenvalue weighted by Gasteiger charge is -2.24. The van der Waals surface area contributed by atoms with Crippen LogP contribution in [-0.4, -0.2) is 28.3 Å². The molecular weight excluding hydrogens is 500 g/mol. The van der Waals surface area contributed by atoms with E-state index in [-0.39, 0.29) is 18.7 Å². The zero-order valence-electron chi connectivity index (χ0n) is 21.3. The Morgan fingerprint density at radius 1 is 1.16 bits per heavy atom. The average molecular weight is 527 g/mol. The predicted molar refractivity (Wildman–Crippen MR) is 146 cm³/mol. The van der Waals surface area contributed by atoms with E-state index in [9.17, 15) is 14.9 Å². The van der Waals surface area contributed by atoms with Crippen molar-refractivity contribution in [1.29, 1.82) is 5.26 Å². The molecule has 0 N–H and O–H groups in total. The number of aromatic nitrogens is 2. The Morgan fingerprint density at radius 2 is 1.92 bits per heavy atom. The molecule has 4 aromatic rings. The van der Waals surface area contributed by atoms with Gasteiger partial charge in [0.25, 0.3) is 5.56 Å². The van der Waals surface area contributed by atoms with Crippen molar-refractivity contribution in [2.45, 2.75) is 33.4 Å². The Balaban J connectivity index is 1.71. The van der Waals surface area contributed by atoms with Gasteiger partial charge in [-0.2, -0.15) is 5.26 Å². The predicted octanol–water partition coefficient (Wildman–Crippen LogP) is 3.68. The molecule has 2 aromatic heterocycles. The van der Waals surface area contributed by atoms with E-state index in [0.717, 1.165) is 22.0 Å². The number of hydrogen-bond acceptors (Lipinski definition) is 7. The molecule has 3 heterocycles. The smallest absolute Gasteiger partial charge is 0.338 e. The maximum Gasteiger partial charge on any atom is 0.338 e. The van der Waals surface area contributed by atoms with Gasteiger partial charge in [0.2, 0.25) is 0 Å². The van der Waals surface area contributed by atoms with Gasteiger partial charge in [0.1, 0.15) is 12.3 Å². The second-order valence-electron chi connectivity index (χ2n) is 8.69. The SMILES string of the molecule is CCOC(=O)C1=C(C)N=c2s/c(=C\c3cn(CC#N)c4ccccc34)c(=O)n2[C@@H]1c1ccc(OCC)cc1. The van der Waals surface area contributed by atoms with E-state index in [4.69, 9.17) is 9.47 Å². The third-order valence-electron chi connectivity index (χ3n) is 6.37. The van der Waals surface area contributed by atoms with Crippen LogP contribution in [0.2, 0.25) is 0 Å². The topological polar surface area (TPSA) is 98.6 Å². The van der Waals surface area contributed by atoms with E-state index in [2.05, 4.69) is 11.1 Å². The van der Waals surface area contributed by atoms with Gasteiger partial charge >= 0.3 is 5.97 Å². The van der Waals surface area contributed by atoms with E-state index in [0.29, 0.717) is 33.0 Å². The second kappa shape index (κ2) is 10.5. The van der Waals surface area contributed by atoms with Crippen molar-refractivity contribution < 1.29 is 14.3 Å². The van der Waals surface area contributed by atoms with E-state index in [1.807, 2.05) is 72.3 Å². The molecule has 192 valence electrons. The third kappa shape index (κ3) is 4.44. The fraction of sp³-hybridized carbons (Fsp3) is 0.241. The van der Waals surface area contributed by atoms with Crippen LogP contribution < -0.4 is 19.6 Å². The number of thiazole rings is 1. The summed E-state index contributed by atoms with van der Waals surface area (Å²) in [6.45, 7) is 6.37. The number of benzene rings is 2. The van der Waals surface area contributed by atoms with Gasteiger partial charge in [-0.05, 0) is 50.6 Å². The number of para-hydroxylation sites is 1. The van der Waals surface area contributed by atoms with Crippen molar-refractivity contribution in [2.75, 3.05) is 13.2 Å². The monoisotopic (exact) mass is 526 g/mol. The van der Waals surface area contributed by atoms with Crippen LogP contribution in [0.3, 0.4) is 0 Å². The molecule has 8 nitrogen and oxygen atoms in total. The van der Waals surface area contributed by atoms with Crippen LogP contribution in [-0.2, 0) is 16.1 Å². The van der Waals surface area contributed by atoms with Gasteiger partial charge in [0.15, 0.2) is 4.80 Å². The minimum Gasteiger partial charge on any atom is -0.494 e. The molecular formula is C29H26N4O4S. The molecule has 0 aliphatic carbocycles. The van der Waals surface area contributed by atoms with Crippen LogP contribution in [0.5, 0.6) is 5.75 Å². The van der Waals surface area contributed by atoms with Gasteiger partial charge in [-0.1, -0.05) is 41.7 Å². The third-order valence-corrected chi connectivity index (χ3v) is 7.35. The van der Waals surface area contributed by atoms with Crippen LogP contribution in [0, 0.1) is 11.3 Å². The molecule has 1 aliphatic heterocycles. The number of nitrogens with zero attached hydrogens (tertiary/aromatic N) is 4. The van der Waals surface area contributed by atoms with Crippen LogP contribution >= 0.6 is 11.3 Å². The molecule has 0 spiro atoms. The molecule has 0 unspecified atom stereocenters. The fourth-order valence-corrected chi connectivity index (χ4v) is 5.80. The molecule has 0 saturated carbocycles. The highest BCUT2D eigenvalue weighted by molar-refractivity contribution is 7.07. The number of rotatable bonds is 7. The van der Waals surface area contributed by atoms with E-state index in [1.54, 1.807) is 18.4 Å². The summed E-state index contributed by atoms with van der Waals surface area (Å²) in [5, 5.41) is 10.2. The number of allylic oxidation sites excluding steroid dienone is 1. The van der Waals surface area contributed by atoms with Gasteiger partial charge in [-0.3, -0.25) is 9.36 Å². The van der Waals surface area contributed by atoms with E-state index in [1.165, 1.54) is 11.3 Å². The van der Waals surface area contributed by atoms with E-state index >= 15 is 0 Å². The van der Waals surface area contributed by atoms with Crippen LogP contribution in [0.15, 0.2) is 75.8 Å². The van der Waals surface area contributed by atoms with Crippen molar-refractivity contribution in [3.8, 4) is 11.8 Å². The zero-order chi connectivity index (χ0) is 26.8. The van der Waals surface area contributed by atoms with Gasteiger partial charge in [-0.15, -0.1) is 0 Å². The largest absolute Gasteiger partial charge is 0.494 e. The summed E-state index contributed by atoms with van der Waals surface area (Å²) in [6.07, 6.45) is 3.71. The van der Waals surface area contributed by atoms with Gasteiger partial charge in [0, 0.05) is 22.7 Å². The highest BCUT2D eigenvalue weighted by atomic mass is 32.1. The summed E-state index contributed by atoms with van der Waals surface area (Å²) < 4.78 is 14.9. The molecule has 2 aromatic carbocycles. The lowest BCUT2D eigenvalue weighted by Crippen LogP contribution is -2.39. The Bertz CT molecular complexity index is 1790. The first kappa shape index (κ1) is 25.2. The minimum atomic E-state index is -0.692. The van der Waals surface area contributed by atoms with Gasteiger partial charge < -0.3 is 14.0 Å². The first-order valence-corrected chi connectivity index (χ1v) is 13.2. The van der Waals surface area contributed by atoms with Crippen LogP contribution in [0.25, 0.3) is 17.0 Å². The zero-order valence-corrected chi connectivity index (χ0v) is 22.1.